The molecule has 5 nitrogen and oxygen atoms in total. The monoisotopic (exact) mass is 397 g/mol. The third-order valence-corrected chi connectivity index (χ3v) is 4.83. The first-order valence-electron chi connectivity index (χ1n) is 7.57. The summed E-state index contributed by atoms with van der Waals surface area (Å²) in [5.74, 6) is 0.738. The van der Waals surface area contributed by atoms with Crippen molar-refractivity contribution in [2.75, 3.05) is 12.4 Å². The third-order valence-electron chi connectivity index (χ3n) is 3.31. The minimum Gasteiger partial charge on any atom is -0.496 e. The number of ether oxygens (including phenoxy) is 1. The van der Waals surface area contributed by atoms with E-state index >= 15 is 0 Å². The Kier molecular flexibility index (Phi) is 6.98. The van der Waals surface area contributed by atoms with Crippen LogP contribution >= 0.6 is 27.3 Å². The molecule has 0 atom stereocenters. The molecule has 0 spiro atoms. The van der Waals surface area contributed by atoms with E-state index in [2.05, 4.69) is 38.4 Å². The normalized spacial score (nSPS) is 10.6. The van der Waals surface area contributed by atoms with Gasteiger partial charge in [-0.25, -0.2) is 0 Å². The Morgan fingerprint density at radius 3 is 2.87 bits per heavy atom. The molecule has 0 saturated heterocycles. The Morgan fingerprint density at radius 2 is 2.17 bits per heavy atom. The predicted octanol–water partition coefficient (Wildman–Crippen LogP) is 4.22. The van der Waals surface area contributed by atoms with Gasteiger partial charge in [-0.05, 0) is 46.5 Å². The fourth-order valence-electron chi connectivity index (χ4n) is 2.04. The zero-order valence-electron chi connectivity index (χ0n) is 13.3. The lowest BCUT2D eigenvalue weighted by Gasteiger charge is -2.06. The lowest BCUT2D eigenvalue weighted by molar-refractivity contribution is -0.116. The van der Waals surface area contributed by atoms with E-state index in [1.165, 1.54) is 11.3 Å². The fourth-order valence-corrected chi connectivity index (χ4v) is 3.42. The second-order valence-corrected chi connectivity index (χ2v) is 7.04. The fraction of sp³-hybridized carbons (Fsp3) is 0.438. The number of methoxy groups -OCH3 is 1. The van der Waals surface area contributed by atoms with Crippen LogP contribution < -0.4 is 10.1 Å². The van der Waals surface area contributed by atoms with Crippen LogP contribution in [0.4, 0.5) is 5.13 Å². The van der Waals surface area contributed by atoms with Crippen LogP contribution in [0.25, 0.3) is 0 Å². The van der Waals surface area contributed by atoms with Gasteiger partial charge in [0.05, 0.1) is 11.6 Å². The molecule has 1 heterocycles. The maximum Gasteiger partial charge on any atom is 0.226 e. The molecule has 2 aromatic rings. The number of hydrogen-bond donors (Lipinski definition) is 1. The topological polar surface area (TPSA) is 64.1 Å². The molecule has 1 aromatic carbocycles. The largest absolute Gasteiger partial charge is 0.496 e. The van der Waals surface area contributed by atoms with Gasteiger partial charge in [-0.2, -0.15) is 0 Å². The number of aromatic nitrogens is 2. The van der Waals surface area contributed by atoms with Gasteiger partial charge in [-0.3, -0.25) is 4.79 Å². The van der Waals surface area contributed by atoms with Crippen LogP contribution in [0.1, 0.15) is 36.8 Å². The minimum absolute atomic E-state index is 0.0462. The summed E-state index contributed by atoms with van der Waals surface area (Å²) in [5.41, 5.74) is 1.08. The number of benzene rings is 1. The third kappa shape index (κ3) is 5.58. The summed E-state index contributed by atoms with van der Waals surface area (Å²) < 4.78 is 6.09. The van der Waals surface area contributed by atoms with Crippen LogP contribution in [-0.2, 0) is 17.6 Å². The first-order valence-corrected chi connectivity index (χ1v) is 9.18. The van der Waals surface area contributed by atoms with Crippen LogP contribution in [0.5, 0.6) is 5.75 Å². The predicted molar refractivity (Wildman–Crippen MR) is 96.2 cm³/mol. The highest BCUT2D eigenvalue weighted by Crippen LogP contribution is 2.26. The number of aryl methyl sites for hydroxylation is 2. The molecule has 0 unspecified atom stereocenters. The lowest BCUT2D eigenvalue weighted by Crippen LogP contribution is -2.12. The number of nitrogens with one attached hydrogen (secondary N) is 1. The van der Waals surface area contributed by atoms with Gasteiger partial charge in [-0.15, -0.1) is 10.2 Å². The van der Waals surface area contributed by atoms with Gasteiger partial charge >= 0.3 is 0 Å². The van der Waals surface area contributed by atoms with E-state index in [4.69, 9.17) is 4.74 Å². The molecule has 23 heavy (non-hydrogen) atoms. The second kappa shape index (κ2) is 8.98. The number of hydrogen-bond acceptors (Lipinski definition) is 5. The first-order chi connectivity index (χ1) is 11.1. The van der Waals surface area contributed by atoms with Crippen LogP contribution in [0.3, 0.4) is 0 Å². The summed E-state index contributed by atoms with van der Waals surface area (Å²) in [6, 6.07) is 5.83. The van der Waals surface area contributed by atoms with Gasteiger partial charge in [-0.1, -0.05) is 30.7 Å². The zero-order chi connectivity index (χ0) is 16.7. The molecule has 0 radical (unpaired) electrons. The first kappa shape index (κ1) is 17.9. The second-order valence-electron chi connectivity index (χ2n) is 5.12. The van der Waals surface area contributed by atoms with Gasteiger partial charge < -0.3 is 10.1 Å². The molecule has 0 saturated carbocycles. The van der Waals surface area contributed by atoms with Crippen molar-refractivity contribution in [2.24, 2.45) is 0 Å². The molecule has 0 aliphatic rings. The summed E-state index contributed by atoms with van der Waals surface area (Å²) in [5, 5.41) is 12.5. The molecule has 1 aromatic heterocycles. The molecule has 7 heteroatoms. The van der Waals surface area contributed by atoms with Crippen molar-refractivity contribution < 1.29 is 9.53 Å². The molecule has 1 amide bonds. The number of nitrogens with zero attached hydrogens (tertiary/aromatic N) is 2. The number of carbonyl (C=O) groups excluding carboxylic acids is 1. The Hall–Kier alpha value is -1.47. The summed E-state index contributed by atoms with van der Waals surface area (Å²) in [6.07, 6.45) is 4.20. The number of rotatable bonds is 8. The number of anilines is 1. The van der Waals surface area contributed by atoms with Gasteiger partial charge in [0, 0.05) is 12.8 Å². The number of halogens is 1. The van der Waals surface area contributed by atoms with Crippen molar-refractivity contribution in [1.82, 2.24) is 10.2 Å². The molecule has 2 rings (SSSR count). The van der Waals surface area contributed by atoms with Gasteiger partial charge in [0.2, 0.25) is 11.0 Å². The van der Waals surface area contributed by atoms with E-state index in [0.29, 0.717) is 18.0 Å². The zero-order valence-corrected chi connectivity index (χ0v) is 15.7. The van der Waals surface area contributed by atoms with Crippen molar-refractivity contribution in [3.63, 3.8) is 0 Å². The standard InChI is InChI=1S/C16H20BrN3O2S/c1-3-4-5-15-19-20-16(23-15)18-14(21)9-7-11-6-8-13(22-2)12(17)10-11/h6,8,10H,3-5,7,9H2,1-2H3,(H,18,20,21). The van der Waals surface area contributed by atoms with E-state index in [9.17, 15) is 4.79 Å². The Balaban J connectivity index is 1.83. The summed E-state index contributed by atoms with van der Waals surface area (Å²) in [7, 11) is 1.63. The molecule has 1 N–H and O–H groups in total. The average Bonchev–Trinajstić information content (AvgIpc) is 2.98. The SMILES string of the molecule is CCCCc1nnc(NC(=O)CCc2ccc(OC)c(Br)c2)s1. The highest BCUT2D eigenvalue weighted by Gasteiger charge is 2.09. The molecule has 0 fully saturated rings. The number of amides is 1. The Labute approximate surface area is 148 Å². The molecular formula is C16H20BrN3O2S. The maximum atomic E-state index is 12.0. The molecule has 124 valence electrons. The lowest BCUT2D eigenvalue weighted by atomic mass is 10.1. The van der Waals surface area contributed by atoms with Crippen molar-refractivity contribution in [2.45, 2.75) is 39.0 Å². The van der Waals surface area contributed by atoms with E-state index in [0.717, 1.165) is 40.1 Å². The summed E-state index contributed by atoms with van der Waals surface area (Å²) >= 11 is 4.90. The average molecular weight is 398 g/mol. The Bertz CT molecular complexity index is 661. The molecule has 0 aliphatic carbocycles. The molecule has 0 bridgehead atoms. The van der Waals surface area contributed by atoms with Crippen molar-refractivity contribution in [1.29, 1.82) is 0 Å². The van der Waals surface area contributed by atoms with Crippen molar-refractivity contribution >= 4 is 38.3 Å². The smallest absolute Gasteiger partial charge is 0.226 e. The number of carbonyl (C=O) groups is 1. The van der Waals surface area contributed by atoms with Gasteiger partial charge in [0.15, 0.2) is 0 Å². The van der Waals surface area contributed by atoms with Crippen LogP contribution in [-0.4, -0.2) is 23.2 Å². The van der Waals surface area contributed by atoms with Crippen molar-refractivity contribution in [3.05, 3.63) is 33.2 Å². The van der Waals surface area contributed by atoms with Gasteiger partial charge in [0.1, 0.15) is 10.8 Å². The number of unbranched alkanes of at least 4 members (excludes halogenated alkanes) is 1. The highest BCUT2D eigenvalue weighted by molar-refractivity contribution is 9.10. The molecular weight excluding hydrogens is 378 g/mol. The maximum absolute atomic E-state index is 12.0. The van der Waals surface area contributed by atoms with Crippen LogP contribution in [0.15, 0.2) is 22.7 Å². The highest BCUT2D eigenvalue weighted by atomic mass is 79.9. The van der Waals surface area contributed by atoms with Gasteiger partial charge in [0.25, 0.3) is 0 Å². The van der Waals surface area contributed by atoms with Crippen molar-refractivity contribution in [3.8, 4) is 5.75 Å². The van der Waals surface area contributed by atoms with Crippen LogP contribution in [0, 0.1) is 0 Å². The minimum atomic E-state index is -0.0462. The Morgan fingerprint density at radius 1 is 1.35 bits per heavy atom. The molecule has 0 aliphatic heterocycles. The van der Waals surface area contributed by atoms with E-state index < -0.39 is 0 Å². The van der Waals surface area contributed by atoms with E-state index in [1.807, 2.05) is 18.2 Å². The summed E-state index contributed by atoms with van der Waals surface area (Å²) in [6.45, 7) is 2.14. The van der Waals surface area contributed by atoms with Crippen LogP contribution in [0.2, 0.25) is 0 Å². The van der Waals surface area contributed by atoms with E-state index in [-0.39, 0.29) is 5.91 Å². The summed E-state index contributed by atoms with van der Waals surface area (Å²) in [4.78, 5) is 12.0. The van der Waals surface area contributed by atoms with E-state index in [1.54, 1.807) is 7.11 Å². The quantitative estimate of drug-likeness (QED) is 0.723.